The van der Waals surface area contributed by atoms with Gasteiger partial charge in [0.1, 0.15) is 11.9 Å². The van der Waals surface area contributed by atoms with Crippen molar-refractivity contribution < 1.29 is 9.52 Å². The highest BCUT2D eigenvalue weighted by Crippen LogP contribution is 2.21. The van der Waals surface area contributed by atoms with Gasteiger partial charge in [-0.15, -0.1) is 0 Å². The van der Waals surface area contributed by atoms with Crippen molar-refractivity contribution in [3.05, 3.63) is 72.2 Å². The maximum Gasteiger partial charge on any atom is 0.132 e. The zero-order chi connectivity index (χ0) is 12.4. The number of aliphatic hydroxyl groups is 1. The average Bonchev–Trinajstić information content (AvgIpc) is 2.92. The molecule has 2 heteroatoms. The number of hydrogen-bond acceptors (Lipinski definition) is 2. The first kappa shape index (κ1) is 11.1. The van der Waals surface area contributed by atoms with Gasteiger partial charge in [0.25, 0.3) is 0 Å². The fourth-order valence-corrected chi connectivity index (χ4v) is 2.17. The van der Waals surface area contributed by atoms with Crippen LogP contribution in [0.15, 0.2) is 65.3 Å². The minimum atomic E-state index is -0.582. The molecular formula is C16H14O2. The second-order valence-corrected chi connectivity index (χ2v) is 4.42. The van der Waals surface area contributed by atoms with E-state index in [0.29, 0.717) is 12.2 Å². The Kier molecular flexibility index (Phi) is 2.87. The smallest absolute Gasteiger partial charge is 0.132 e. The molecular weight excluding hydrogens is 224 g/mol. The number of benzene rings is 2. The van der Waals surface area contributed by atoms with Crippen LogP contribution in [0.2, 0.25) is 0 Å². The largest absolute Gasteiger partial charge is 0.467 e. The van der Waals surface area contributed by atoms with Crippen molar-refractivity contribution in [3.63, 3.8) is 0 Å². The molecule has 1 atom stereocenters. The van der Waals surface area contributed by atoms with E-state index in [1.165, 1.54) is 10.8 Å². The summed E-state index contributed by atoms with van der Waals surface area (Å²) in [5.74, 6) is 0.614. The monoisotopic (exact) mass is 238 g/mol. The van der Waals surface area contributed by atoms with Gasteiger partial charge in [-0.25, -0.2) is 0 Å². The fourth-order valence-electron chi connectivity index (χ4n) is 2.17. The van der Waals surface area contributed by atoms with E-state index >= 15 is 0 Å². The van der Waals surface area contributed by atoms with E-state index in [2.05, 4.69) is 30.3 Å². The Balaban J connectivity index is 1.86. The summed E-state index contributed by atoms with van der Waals surface area (Å²) in [4.78, 5) is 0. The van der Waals surface area contributed by atoms with Crippen LogP contribution in [-0.2, 0) is 6.42 Å². The van der Waals surface area contributed by atoms with Crippen molar-refractivity contribution in [2.75, 3.05) is 0 Å². The summed E-state index contributed by atoms with van der Waals surface area (Å²) in [7, 11) is 0. The van der Waals surface area contributed by atoms with Crippen LogP contribution in [0.3, 0.4) is 0 Å². The van der Waals surface area contributed by atoms with Gasteiger partial charge in [-0.2, -0.15) is 0 Å². The lowest BCUT2D eigenvalue weighted by Crippen LogP contribution is -2.00. The van der Waals surface area contributed by atoms with Crippen molar-refractivity contribution in [1.29, 1.82) is 0 Å². The predicted octanol–water partition coefficient (Wildman–Crippen LogP) is 3.71. The van der Waals surface area contributed by atoms with E-state index in [4.69, 9.17) is 4.42 Å². The Morgan fingerprint density at radius 1 is 0.944 bits per heavy atom. The molecule has 0 saturated heterocycles. The lowest BCUT2D eigenvalue weighted by Gasteiger charge is -2.08. The molecule has 90 valence electrons. The molecule has 0 saturated carbocycles. The van der Waals surface area contributed by atoms with Gasteiger partial charge in [0.2, 0.25) is 0 Å². The van der Waals surface area contributed by atoms with E-state index in [1.807, 2.05) is 12.1 Å². The molecule has 0 radical (unpaired) electrons. The Bertz CT molecular complexity index is 641. The first-order valence-electron chi connectivity index (χ1n) is 6.02. The van der Waals surface area contributed by atoms with Gasteiger partial charge in [-0.1, -0.05) is 42.5 Å². The summed E-state index contributed by atoms with van der Waals surface area (Å²) < 4.78 is 5.20. The molecule has 3 rings (SSSR count). The minimum absolute atomic E-state index is 0.568. The van der Waals surface area contributed by atoms with Crippen molar-refractivity contribution >= 4 is 10.8 Å². The predicted molar refractivity (Wildman–Crippen MR) is 71.3 cm³/mol. The standard InChI is InChI=1S/C16H14O2/c17-15(16-6-3-9-18-16)11-12-7-8-13-4-1-2-5-14(13)10-12/h1-10,15,17H,11H2. The van der Waals surface area contributed by atoms with E-state index in [-0.39, 0.29) is 0 Å². The summed E-state index contributed by atoms with van der Waals surface area (Å²) in [6.45, 7) is 0. The lowest BCUT2D eigenvalue weighted by atomic mass is 10.0. The Hall–Kier alpha value is -2.06. The Morgan fingerprint density at radius 2 is 1.78 bits per heavy atom. The number of hydrogen-bond donors (Lipinski definition) is 1. The Labute approximate surface area is 105 Å². The molecule has 0 fully saturated rings. The van der Waals surface area contributed by atoms with Crippen molar-refractivity contribution in [2.24, 2.45) is 0 Å². The summed E-state index contributed by atoms with van der Waals surface area (Å²) in [5, 5.41) is 12.5. The maximum atomic E-state index is 10.0. The molecule has 0 amide bonds. The molecule has 0 bridgehead atoms. The number of fused-ring (bicyclic) bond motifs is 1. The highest BCUT2D eigenvalue weighted by Gasteiger charge is 2.11. The summed E-state index contributed by atoms with van der Waals surface area (Å²) in [6.07, 6.45) is 1.57. The first-order valence-corrected chi connectivity index (χ1v) is 6.02. The third-order valence-electron chi connectivity index (χ3n) is 3.11. The van der Waals surface area contributed by atoms with Gasteiger partial charge in [0, 0.05) is 6.42 Å². The average molecular weight is 238 g/mol. The molecule has 1 heterocycles. The fraction of sp³-hybridized carbons (Fsp3) is 0.125. The molecule has 0 aliphatic carbocycles. The number of aliphatic hydroxyl groups excluding tert-OH is 1. The lowest BCUT2D eigenvalue weighted by molar-refractivity contribution is 0.150. The highest BCUT2D eigenvalue weighted by atomic mass is 16.4. The normalized spacial score (nSPS) is 12.7. The van der Waals surface area contributed by atoms with E-state index in [9.17, 15) is 5.11 Å². The highest BCUT2D eigenvalue weighted by molar-refractivity contribution is 5.82. The molecule has 2 nitrogen and oxygen atoms in total. The van der Waals surface area contributed by atoms with Crippen molar-refractivity contribution in [3.8, 4) is 0 Å². The van der Waals surface area contributed by atoms with Crippen molar-refractivity contribution in [2.45, 2.75) is 12.5 Å². The van der Waals surface area contributed by atoms with Crippen LogP contribution in [0.25, 0.3) is 10.8 Å². The second kappa shape index (κ2) is 4.67. The van der Waals surface area contributed by atoms with Gasteiger partial charge in [0.05, 0.1) is 6.26 Å². The maximum absolute atomic E-state index is 10.0. The third-order valence-corrected chi connectivity index (χ3v) is 3.11. The topological polar surface area (TPSA) is 33.4 Å². The van der Waals surface area contributed by atoms with Crippen LogP contribution in [0.4, 0.5) is 0 Å². The molecule has 0 spiro atoms. The van der Waals surface area contributed by atoms with Crippen LogP contribution in [0.1, 0.15) is 17.4 Å². The zero-order valence-corrected chi connectivity index (χ0v) is 9.91. The third kappa shape index (κ3) is 2.15. The molecule has 18 heavy (non-hydrogen) atoms. The summed E-state index contributed by atoms with van der Waals surface area (Å²) in [5.41, 5.74) is 1.11. The van der Waals surface area contributed by atoms with Crippen LogP contribution in [0, 0.1) is 0 Å². The molecule has 2 aromatic carbocycles. The van der Waals surface area contributed by atoms with Crippen LogP contribution >= 0.6 is 0 Å². The van der Waals surface area contributed by atoms with Crippen LogP contribution in [0.5, 0.6) is 0 Å². The van der Waals surface area contributed by atoms with Gasteiger partial charge in [0.15, 0.2) is 0 Å². The number of furan rings is 1. The first-order chi connectivity index (χ1) is 8.83. The van der Waals surface area contributed by atoms with Crippen LogP contribution in [-0.4, -0.2) is 5.11 Å². The zero-order valence-electron chi connectivity index (χ0n) is 9.91. The van der Waals surface area contributed by atoms with E-state index in [1.54, 1.807) is 18.4 Å². The molecule has 0 aliphatic rings. The minimum Gasteiger partial charge on any atom is -0.467 e. The van der Waals surface area contributed by atoms with Gasteiger partial charge in [-0.05, 0) is 28.5 Å². The summed E-state index contributed by atoms with van der Waals surface area (Å²) in [6, 6.07) is 18.1. The molecule has 3 aromatic rings. The van der Waals surface area contributed by atoms with E-state index in [0.717, 1.165) is 5.56 Å². The molecule has 1 unspecified atom stereocenters. The van der Waals surface area contributed by atoms with Crippen molar-refractivity contribution in [1.82, 2.24) is 0 Å². The molecule has 1 N–H and O–H groups in total. The van der Waals surface area contributed by atoms with E-state index < -0.39 is 6.10 Å². The summed E-state index contributed by atoms with van der Waals surface area (Å²) >= 11 is 0. The van der Waals surface area contributed by atoms with Gasteiger partial charge in [-0.3, -0.25) is 0 Å². The van der Waals surface area contributed by atoms with Crippen LogP contribution < -0.4 is 0 Å². The quantitative estimate of drug-likeness (QED) is 0.754. The van der Waals surface area contributed by atoms with Gasteiger partial charge >= 0.3 is 0 Å². The molecule has 1 aromatic heterocycles. The number of rotatable bonds is 3. The SMILES string of the molecule is OC(Cc1ccc2ccccc2c1)c1ccco1. The molecule has 0 aliphatic heterocycles. The second-order valence-electron chi connectivity index (χ2n) is 4.42. The van der Waals surface area contributed by atoms with Gasteiger partial charge < -0.3 is 9.52 Å². The Morgan fingerprint density at radius 3 is 2.56 bits per heavy atom.